The quantitative estimate of drug-likeness (QED) is 0.197. The minimum Gasteiger partial charge on any atom is -0.494 e. The zero-order valence-electron chi connectivity index (χ0n) is 31.9. The van der Waals surface area contributed by atoms with Gasteiger partial charge in [-0.3, -0.25) is 38.8 Å². The Labute approximate surface area is 330 Å². The van der Waals surface area contributed by atoms with Gasteiger partial charge in [0.1, 0.15) is 29.7 Å². The minimum atomic E-state index is -1.14. The van der Waals surface area contributed by atoms with Crippen molar-refractivity contribution >= 4 is 41.1 Å². The van der Waals surface area contributed by atoms with Gasteiger partial charge in [0.2, 0.25) is 11.8 Å². The summed E-state index contributed by atoms with van der Waals surface area (Å²) >= 11 is 6.25. The number of nitriles is 1. The van der Waals surface area contributed by atoms with Crippen LogP contribution in [0.1, 0.15) is 108 Å². The van der Waals surface area contributed by atoms with Crippen molar-refractivity contribution in [2.45, 2.75) is 83.9 Å². The fraction of sp³-hybridized carbons (Fsp3) is 0.452. The van der Waals surface area contributed by atoms with Crippen LogP contribution >= 0.6 is 11.6 Å². The van der Waals surface area contributed by atoms with Gasteiger partial charge < -0.3 is 20.1 Å². The molecule has 2 saturated heterocycles. The molecule has 3 aromatic rings. The summed E-state index contributed by atoms with van der Waals surface area (Å²) < 4.78 is 12.4. The lowest BCUT2D eigenvalue weighted by atomic mass is 9.48. The first-order valence-electron chi connectivity index (χ1n) is 19.0. The smallest absolute Gasteiger partial charge is 0.262 e. The Kier molecular flexibility index (Phi) is 10.4. The molecule has 56 heavy (non-hydrogen) atoms. The summed E-state index contributed by atoms with van der Waals surface area (Å²) in [6, 6.07) is 13.5. The summed E-state index contributed by atoms with van der Waals surface area (Å²) in [5, 5.41) is 9.51. The van der Waals surface area contributed by atoms with Gasteiger partial charge in [0.25, 0.3) is 17.7 Å². The molecule has 4 aliphatic rings. The standard InChI is InChI=1S/C42H45ClN6O7/c1-41(2)39(42(3,4)40(41)56-28-8-6-25(22-44)31(43)21-28)49-34(50)13-12-33(38(49)54)48-36(52)29-10-9-27(20-30(29)37(48)53)55-19-5-16-47-17-14-24(15-18-47)32-11-7-26(23-46-32)35(45)51/h6-11,20-21,23-24,33,39-40H,5,12-19H2,1-4H3,(H2,45,51). The largest absolute Gasteiger partial charge is 0.494 e. The average molecular weight is 781 g/mol. The third-order valence-corrected chi connectivity index (χ3v) is 12.2. The van der Waals surface area contributed by atoms with E-state index >= 15 is 0 Å². The molecule has 292 valence electrons. The number of halogens is 1. The Bertz CT molecular complexity index is 2120. The summed E-state index contributed by atoms with van der Waals surface area (Å²) in [7, 11) is 0. The van der Waals surface area contributed by atoms with Crippen molar-refractivity contribution in [3.05, 3.63) is 87.7 Å². The zero-order valence-corrected chi connectivity index (χ0v) is 32.7. The molecular weight excluding hydrogens is 736 g/mol. The van der Waals surface area contributed by atoms with Gasteiger partial charge in [-0.05, 0) is 81.2 Å². The van der Waals surface area contributed by atoms with E-state index in [1.807, 2.05) is 39.8 Å². The Morgan fingerprint density at radius 2 is 1.62 bits per heavy atom. The number of nitrogens with zero attached hydrogens (tertiary/aromatic N) is 5. The number of pyridine rings is 1. The summed E-state index contributed by atoms with van der Waals surface area (Å²) in [6.45, 7) is 10.7. The van der Waals surface area contributed by atoms with Crippen LogP contribution < -0.4 is 15.2 Å². The van der Waals surface area contributed by atoms with Gasteiger partial charge >= 0.3 is 0 Å². The number of carbonyl (C=O) groups excluding carboxylic acids is 5. The van der Waals surface area contributed by atoms with Gasteiger partial charge in [0, 0.05) is 47.7 Å². The van der Waals surface area contributed by atoms with Crippen LogP contribution in [-0.2, 0) is 9.59 Å². The van der Waals surface area contributed by atoms with Crippen LogP contribution in [0, 0.1) is 22.2 Å². The number of fused-ring (bicyclic) bond motifs is 1. The van der Waals surface area contributed by atoms with Gasteiger partial charge in [-0.15, -0.1) is 0 Å². The van der Waals surface area contributed by atoms with Gasteiger partial charge in [0.05, 0.1) is 39.9 Å². The SMILES string of the molecule is CC1(C)C(Oc2ccc(C#N)c(Cl)c2)C(C)(C)C1N1C(=O)CCC(N2C(=O)c3ccc(OCCCN4CCC(c5ccc(C(N)=O)cn5)CC4)cc3C2=O)C1=O. The first kappa shape index (κ1) is 38.9. The molecule has 1 saturated carbocycles. The van der Waals surface area contributed by atoms with Crippen molar-refractivity contribution < 1.29 is 33.4 Å². The number of benzene rings is 2. The molecule has 0 bridgehead atoms. The van der Waals surface area contributed by atoms with Crippen LogP contribution in [0.4, 0.5) is 0 Å². The fourth-order valence-corrected chi connectivity index (χ4v) is 9.72. The number of carbonyl (C=O) groups is 5. The Morgan fingerprint density at radius 3 is 2.27 bits per heavy atom. The van der Waals surface area contributed by atoms with Crippen LogP contribution in [0.15, 0.2) is 54.7 Å². The molecule has 14 heteroatoms. The second-order valence-electron chi connectivity index (χ2n) is 16.3. The first-order chi connectivity index (χ1) is 26.6. The van der Waals surface area contributed by atoms with Gasteiger partial charge in [-0.1, -0.05) is 39.3 Å². The fourth-order valence-electron chi connectivity index (χ4n) is 9.51. The zero-order chi connectivity index (χ0) is 40.1. The van der Waals surface area contributed by atoms with Gasteiger partial charge in [-0.25, -0.2) is 0 Å². The monoisotopic (exact) mass is 780 g/mol. The number of piperidine rings is 2. The molecule has 13 nitrogen and oxygen atoms in total. The van der Waals surface area contributed by atoms with Gasteiger partial charge in [-0.2, -0.15) is 5.26 Å². The predicted octanol–water partition coefficient (Wildman–Crippen LogP) is 5.35. The van der Waals surface area contributed by atoms with Crippen LogP contribution in [0.2, 0.25) is 5.02 Å². The van der Waals surface area contributed by atoms with E-state index in [0.29, 0.717) is 35.2 Å². The summed E-state index contributed by atoms with van der Waals surface area (Å²) in [6.07, 6.45) is 3.80. The molecule has 0 spiro atoms. The van der Waals surface area contributed by atoms with E-state index < -0.39 is 52.6 Å². The highest BCUT2D eigenvalue weighted by Crippen LogP contribution is 2.58. The number of amides is 5. The molecule has 0 radical (unpaired) electrons. The normalized spacial score (nSPS) is 23.4. The maximum absolute atomic E-state index is 14.3. The molecule has 1 aromatic heterocycles. The summed E-state index contributed by atoms with van der Waals surface area (Å²) in [5.74, 6) is -1.35. The first-order valence-corrected chi connectivity index (χ1v) is 19.4. The highest BCUT2D eigenvalue weighted by atomic mass is 35.5. The van der Waals surface area contributed by atoms with E-state index in [-0.39, 0.29) is 34.9 Å². The van der Waals surface area contributed by atoms with Crippen molar-refractivity contribution in [2.24, 2.45) is 16.6 Å². The van der Waals surface area contributed by atoms with Crippen molar-refractivity contribution in [2.75, 3.05) is 26.2 Å². The molecular formula is C42H45ClN6O7. The maximum atomic E-state index is 14.3. The van der Waals surface area contributed by atoms with Crippen molar-refractivity contribution in [3.8, 4) is 17.6 Å². The molecule has 1 atom stereocenters. The summed E-state index contributed by atoms with van der Waals surface area (Å²) in [5.41, 5.74) is 5.97. The van der Waals surface area contributed by atoms with Crippen LogP contribution in [0.5, 0.6) is 11.5 Å². The van der Waals surface area contributed by atoms with Gasteiger partial charge in [0.15, 0.2) is 0 Å². The van der Waals surface area contributed by atoms with Crippen molar-refractivity contribution in [3.63, 3.8) is 0 Å². The van der Waals surface area contributed by atoms with E-state index in [1.165, 1.54) is 11.1 Å². The third-order valence-electron chi connectivity index (χ3n) is 11.9. The highest BCUT2D eigenvalue weighted by molar-refractivity contribution is 6.31. The summed E-state index contributed by atoms with van der Waals surface area (Å²) in [4.78, 5) is 75.8. The molecule has 5 amide bonds. The molecule has 7 rings (SSSR count). The number of ether oxygens (including phenoxy) is 2. The maximum Gasteiger partial charge on any atom is 0.262 e. The molecule has 1 aliphatic carbocycles. The number of rotatable bonds is 11. The van der Waals surface area contributed by atoms with Crippen molar-refractivity contribution in [1.82, 2.24) is 19.7 Å². The number of imide groups is 2. The molecule has 3 fully saturated rings. The van der Waals surface area contributed by atoms with E-state index in [2.05, 4.69) is 9.88 Å². The number of hydrogen-bond donors (Lipinski definition) is 1. The van der Waals surface area contributed by atoms with E-state index in [4.69, 9.17) is 26.8 Å². The van der Waals surface area contributed by atoms with E-state index in [9.17, 15) is 29.2 Å². The molecule has 1 unspecified atom stereocenters. The topological polar surface area (TPSA) is 176 Å². The number of hydrogen-bond acceptors (Lipinski definition) is 10. The predicted molar refractivity (Wildman–Crippen MR) is 205 cm³/mol. The number of aromatic nitrogens is 1. The Morgan fingerprint density at radius 1 is 0.929 bits per heavy atom. The molecule has 2 aromatic carbocycles. The lowest BCUT2D eigenvalue weighted by Gasteiger charge is -2.65. The minimum absolute atomic E-state index is 0.00377. The second kappa shape index (κ2) is 15.0. The Hall–Kier alpha value is -5.32. The van der Waals surface area contributed by atoms with E-state index in [1.54, 1.807) is 42.5 Å². The average Bonchev–Trinajstić information content (AvgIpc) is 3.42. The lowest BCUT2D eigenvalue weighted by Crippen LogP contribution is -2.77. The Balaban J connectivity index is 0.952. The second-order valence-corrected chi connectivity index (χ2v) is 16.7. The number of nitrogens with two attached hydrogens (primary N) is 1. The third kappa shape index (κ3) is 6.90. The van der Waals surface area contributed by atoms with Crippen LogP contribution in [0.3, 0.4) is 0 Å². The van der Waals surface area contributed by atoms with Crippen LogP contribution in [0.25, 0.3) is 0 Å². The highest BCUT2D eigenvalue weighted by Gasteiger charge is 2.68. The lowest BCUT2D eigenvalue weighted by molar-refractivity contribution is -0.216. The van der Waals surface area contributed by atoms with E-state index in [0.717, 1.165) is 49.5 Å². The van der Waals surface area contributed by atoms with Crippen molar-refractivity contribution in [1.29, 1.82) is 5.26 Å². The molecule has 2 N–H and O–H groups in total. The number of primary amides is 1. The molecule has 3 aliphatic heterocycles. The molecule has 4 heterocycles. The van der Waals surface area contributed by atoms with Crippen LogP contribution in [-0.4, -0.2) is 93.6 Å². The number of likely N-dealkylation sites (tertiary alicyclic amines) is 2.